The number of methoxy groups -OCH3 is 1. The van der Waals surface area contributed by atoms with Gasteiger partial charge in [-0.2, -0.15) is 5.10 Å². The van der Waals surface area contributed by atoms with Crippen molar-refractivity contribution in [2.45, 2.75) is 19.3 Å². The molecule has 0 aliphatic heterocycles. The first kappa shape index (κ1) is 16.2. The third-order valence-corrected chi connectivity index (χ3v) is 3.47. The molecule has 8 heteroatoms. The third kappa shape index (κ3) is 4.18. The molecule has 0 aliphatic rings. The first-order chi connectivity index (χ1) is 11.7. The normalized spacial score (nSPS) is 12.2. The highest BCUT2D eigenvalue weighted by molar-refractivity contribution is 5.54. The average Bonchev–Trinajstić information content (AvgIpc) is 3.27. The fourth-order valence-corrected chi connectivity index (χ4v) is 2.21. The van der Waals surface area contributed by atoms with E-state index in [0.717, 1.165) is 16.9 Å². The third-order valence-electron chi connectivity index (χ3n) is 3.47. The Morgan fingerprint density at radius 1 is 1.29 bits per heavy atom. The summed E-state index contributed by atoms with van der Waals surface area (Å²) in [6.07, 6.45) is 4.51. The van der Waals surface area contributed by atoms with E-state index < -0.39 is 6.10 Å². The number of benzene rings is 1. The maximum atomic E-state index is 10.1. The summed E-state index contributed by atoms with van der Waals surface area (Å²) < 4.78 is 12.2. The summed E-state index contributed by atoms with van der Waals surface area (Å²) in [6, 6.07) is 7.61. The van der Waals surface area contributed by atoms with E-state index in [1.54, 1.807) is 30.4 Å². The van der Waals surface area contributed by atoms with Gasteiger partial charge in [-0.05, 0) is 17.7 Å². The van der Waals surface area contributed by atoms with Gasteiger partial charge in [-0.25, -0.2) is 4.68 Å². The van der Waals surface area contributed by atoms with Crippen LogP contribution in [0.4, 0.5) is 0 Å². The van der Waals surface area contributed by atoms with E-state index in [0.29, 0.717) is 18.8 Å². The highest BCUT2D eigenvalue weighted by atomic mass is 16.5. The Morgan fingerprint density at radius 2 is 2.12 bits per heavy atom. The molecule has 0 saturated carbocycles. The van der Waals surface area contributed by atoms with Crippen molar-refractivity contribution in [2.75, 3.05) is 13.7 Å². The van der Waals surface area contributed by atoms with Gasteiger partial charge in [-0.15, -0.1) is 5.10 Å². The van der Waals surface area contributed by atoms with Gasteiger partial charge in [0.1, 0.15) is 11.4 Å². The lowest BCUT2D eigenvalue weighted by atomic mass is 10.2. The van der Waals surface area contributed by atoms with Crippen LogP contribution in [0.5, 0.6) is 5.75 Å². The molecule has 0 radical (unpaired) electrons. The quantitative estimate of drug-likeness (QED) is 0.645. The molecule has 0 spiro atoms. The van der Waals surface area contributed by atoms with Gasteiger partial charge in [0.05, 0.1) is 45.4 Å². The fourth-order valence-electron chi connectivity index (χ4n) is 2.21. The molecular formula is C16H19N5O3. The van der Waals surface area contributed by atoms with Crippen molar-refractivity contribution >= 4 is 0 Å². The van der Waals surface area contributed by atoms with Crippen LogP contribution in [0.1, 0.15) is 5.56 Å². The Morgan fingerprint density at radius 3 is 2.83 bits per heavy atom. The molecule has 126 valence electrons. The van der Waals surface area contributed by atoms with Gasteiger partial charge in [0.15, 0.2) is 0 Å². The molecule has 2 heterocycles. The lowest BCUT2D eigenvalue weighted by molar-refractivity contribution is 0.0184. The summed E-state index contributed by atoms with van der Waals surface area (Å²) in [5, 5.41) is 24.7. The molecule has 0 aliphatic carbocycles. The average molecular weight is 329 g/mol. The minimum Gasteiger partial charge on any atom is -0.497 e. The molecule has 2 N–H and O–H groups in total. The van der Waals surface area contributed by atoms with Gasteiger partial charge in [0.25, 0.3) is 0 Å². The van der Waals surface area contributed by atoms with Crippen LogP contribution < -0.4 is 4.74 Å². The number of ether oxygens (including phenoxy) is 2. The zero-order valence-corrected chi connectivity index (χ0v) is 13.3. The van der Waals surface area contributed by atoms with Crippen LogP contribution in [0.25, 0.3) is 11.3 Å². The lowest BCUT2D eigenvalue weighted by Crippen LogP contribution is -2.22. The Bertz CT molecular complexity index is 739. The number of rotatable bonds is 8. The molecule has 0 fully saturated rings. The molecule has 0 saturated heterocycles. The van der Waals surface area contributed by atoms with Crippen LogP contribution in [0.3, 0.4) is 0 Å². The van der Waals surface area contributed by atoms with Gasteiger partial charge >= 0.3 is 0 Å². The highest BCUT2D eigenvalue weighted by Gasteiger charge is 2.10. The second-order valence-corrected chi connectivity index (χ2v) is 5.33. The number of aliphatic hydroxyl groups excluding tert-OH is 1. The first-order valence-corrected chi connectivity index (χ1v) is 7.52. The Kier molecular flexibility index (Phi) is 5.19. The van der Waals surface area contributed by atoms with Crippen molar-refractivity contribution in [3.05, 3.63) is 48.4 Å². The number of H-pyrrole nitrogens is 1. The van der Waals surface area contributed by atoms with E-state index in [2.05, 4.69) is 20.5 Å². The number of hydrogen-bond donors (Lipinski definition) is 2. The Hall–Kier alpha value is -2.71. The van der Waals surface area contributed by atoms with E-state index in [-0.39, 0.29) is 6.61 Å². The monoisotopic (exact) mass is 329 g/mol. The van der Waals surface area contributed by atoms with Crippen molar-refractivity contribution in [2.24, 2.45) is 0 Å². The largest absolute Gasteiger partial charge is 0.497 e. The minimum atomic E-state index is -0.665. The van der Waals surface area contributed by atoms with Crippen LogP contribution in [0, 0.1) is 0 Å². The second kappa shape index (κ2) is 7.71. The van der Waals surface area contributed by atoms with Crippen LogP contribution in [-0.2, 0) is 17.9 Å². The predicted molar refractivity (Wildman–Crippen MR) is 86.3 cm³/mol. The van der Waals surface area contributed by atoms with Gasteiger partial charge in [0.2, 0.25) is 0 Å². The van der Waals surface area contributed by atoms with Crippen molar-refractivity contribution in [3.8, 4) is 17.0 Å². The summed E-state index contributed by atoms with van der Waals surface area (Å²) in [4.78, 5) is 0. The SMILES string of the molecule is COc1ccc(COCC(O)Cn2cc(-c3cn[nH]c3)nn2)cc1. The standard InChI is InChI=1S/C16H19N5O3/c1-23-15-4-2-12(3-5-15)10-24-11-14(22)8-21-9-16(19-20-21)13-6-17-18-7-13/h2-7,9,14,22H,8,10-11H2,1H3,(H,17,18). The van der Waals surface area contributed by atoms with Crippen molar-refractivity contribution < 1.29 is 14.6 Å². The van der Waals surface area contributed by atoms with Crippen molar-refractivity contribution in [3.63, 3.8) is 0 Å². The molecule has 1 aromatic carbocycles. The molecule has 3 aromatic rings. The Labute approximate surface area is 139 Å². The second-order valence-electron chi connectivity index (χ2n) is 5.33. The first-order valence-electron chi connectivity index (χ1n) is 7.52. The maximum absolute atomic E-state index is 10.1. The topological polar surface area (TPSA) is 98.1 Å². The van der Waals surface area contributed by atoms with Crippen LogP contribution in [0.15, 0.2) is 42.9 Å². The number of hydrogen-bond acceptors (Lipinski definition) is 6. The molecule has 3 rings (SSSR count). The number of aliphatic hydroxyl groups is 1. The fraction of sp³-hybridized carbons (Fsp3) is 0.312. The maximum Gasteiger partial charge on any atom is 0.118 e. The molecular weight excluding hydrogens is 310 g/mol. The van der Waals surface area contributed by atoms with E-state index in [1.165, 1.54) is 0 Å². The van der Waals surface area contributed by atoms with Crippen LogP contribution in [-0.4, -0.2) is 50.1 Å². The molecule has 0 amide bonds. The van der Waals surface area contributed by atoms with Crippen molar-refractivity contribution in [1.82, 2.24) is 25.2 Å². The molecule has 0 bridgehead atoms. The summed E-state index contributed by atoms with van der Waals surface area (Å²) in [7, 11) is 1.63. The van der Waals surface area contributed by atoms with E-state index >= 15 is 0 Å². The van der Waals surface area contributed by atoms with Crippen LogP contribution in [0.2, 0.25) is 0 Å². The zero-order chi connectivity index (χ0) is 16.8. The number of aromatic amines is 1. The lowest BCUT2D eigenvalue weighted by Gasteiger charge is -2.11. The van der Waals surface area contributed by atoms with E-state index in [9.17, 15) is 5.11 Å². The molecule has 8 nitrogen and oxygen atoms in total. The number of nitrogens with one attached hydrogen (secondary N) is 1. The number of aromatic nitrogens is 5. The molecule has 1 atom stereocenters. The minimum absolute atomic E-state index is 0.215. The summed E-state index contributed by atoms with van der Waals surface area (Å²) in [5.74, 6) is 0.804. The summed E-state index contributed by atoms with van der Waals surface area (Å²) in [6.45, 7) is 0.957. The summed E-state index contributed by atoms with van der Waals surface area (Å²) in [5.41, 5.74) is 2.58. The molecule has 1 unspecified atom stereocenters. The highest BCUT2D eigenvalue weighted by Crippen LogP contribution is 2.14. The summed E-state index contributed by atoms with van der Waals surface area (Å²) >= 11 is 0. The van der Waals surface area contributed by atoms with Gasteiger partial charge < -0.3 is 14.6 Å². The van der Waals surface area contributed by atoms with Gasteiger partial charge in [0, 0.05) is 11.8 Å². The smallest absolute Gasteiger partial charge is 0.118 e. The zero-order valence-electron chi connectivity index (χ0n) is 13.3. The van der Waals surface area contributed by atoms with E-state index in [1.807, 2.05) is 24.3 Å². The Balaban J connectivity index is 1.44. The van der Waals surface area contributed by atoms with Gasteiger partial charge in [-0.1, -0.05) is 17.3 Å². The van der Waals surface area contributed by atoms with E-state index in [4.69, 9.17) is 9.47 Å². The number of nitrogens with zero attached hydrogens (tertiary/aromatic N) is 4. The van der Waals surface area contributed by atoms with Gasteiger partial charge in [-0.3, -0.25) is 5.10 Å². The molecule has 24 heavy (non-hydrogen) atoms. The van der Waals surface area contributed by atoms with Crippen molar-refractivity contribution in [1.29, 1.82) is 0 Å². The molecule has 2 aromatic heterocycles. The predicted octanol–water partition coefficient (Wildman–Crippen LogP) is 1.25. The van der Waals surface area contributed by atoms with Crippen LogP contribution >= 0.6 is 0 Å².